The molecule has 0 saturated heterocycles. The molecule has 1 rings (SSSR count). The second-order valence-electron chi connectivity index (χ2n) is 4.96. The van der Waals surface area contributed by atoms with Gasteiger partial charge in [-0.2, -0.15) is 0 Å². The fraction of sp³-hybridized carbons (Fsp3) is 1.00. The SMILES string of the molecule is CCC(C)C1(O)CCCC(C)C1C. The van der Waals surface area contributed by atoms with Crippen molar-refractivity contribution in [1.29, 1.82) is 0 Å². The lowest BCUT2D eigenvalue weighted by atomic mass is 9.65. The molecule has 1 N–H and O–H groups in total. The van der Waals surface area contributed by atoms with E-state index in [0.29, 0.717) is 17.8 Å². The Labute approximate surface area is 82.5 Å². The van der Waals surface area contributed by atoms with Crippen LogP contribution >= 0.6 is 0 Å². The van der Waals surface area contributed by atoms with Gasteiger partial charge in [-0.3, -0.25) is 0 Å². The van der Waals surface area contributed by atoms with Crippen molar-refractivity contribution in [1.82, 2.24) is 0 Å². The molecule has 4 unspecified atom stereocenters. The number of aliphatic hydroxyl groups is 1. The van der Waals surface area contributed by atoms with E-state index in [1.165, 1.54) is 12.8 Å². The summed E-state index contributed by atoms with van der Waals surface area (Å²) in [4.78, 5) is 0. The third-order valence-corrected chi connectivity index (χ3v) is 4.34. The van der Waals surface area contributed by atoms with Crippen LogP contribution in [-0.4, -0.2) is 10.7 Å². The van der Waals surface area contributed by atoms with Crippen LogP contribution in [0.2, 0.25) is 0 Å². The van der Waals surface area contributed by atoms with E-state index in [-0.39, 0.29) is 5.60 Å². The van der Waals surface area contributed by atoms with E-state index in [2.05, 4.69) is 27.7 Å². The van der Waals surface area contributed by atoms with Gasteiger partial charge in [0, 0.05) is 0 Å². The van der Waals surface area contributed by atoms with E-state index in [9.17, 15) is 5.11 Å². The van der Waals surface area contributed by atoms with Crippen molar-refractivity contribution >= 4 is 0 Å². The predicted octanol–water partition coefficient (Wildman–Crippen LogP) is 3.22. The van der Waals surface area contributed by atoms with E-state index in [4.69, 9.17) is 0 Å². The van der Waals surface area contributed by atoms with E-state index in [0.717, 1.165) is 12.8 Å². The zero-order valence-corrected chi connectivity index (χ0v) is 9.51. The molecule has 0 amide bonds. The molecule has 0 aromatic heterocycles. The second kappa shape index (κ2) is 4.00. The van der Waals surface area contributed by atoms with Crippen LogP contribution in [0, 0.1) is 17.8 Å². The fourth-order valence-corrected chi connectivity index (χ4v) is 2.73. The van der Waals surface area contributed by atoms with Crippen LogP contribution in [0.5, 0.6) is 0 Å². The maximum atomic E-state index is 10.6. The Balaban J connectivity index is 2.74. The summed E-state index contributed by atoms with van der Waals surface area (Å²) in [6.45, 7) is 8.86. The van der Waals surface area contributed by atoms with Crippen molar-refractivity contribution in [3.05, 3.63) is 0 Å². The Morgan fingerprint density at radius 1 is 1.46 bits per heavy atom. The summed E-state index contributed by atoms with van der Waals surface area (Å²) < 4.78 is 0. The van der Waals surface area contributed by atoms with E-state index in [1.807, 2.05) is 0 Å². The van der Waals surface area contributed by atoms with Crippen molar-refractivity contribution in [3.63, 3.8) is 0 Å². The molecule has 78 valence electrons. The van der Waals surface area contributed by atoms with Crippen LogP contribution < -0.4 is 0 Å². The highest BCUT2D eigenvalue weighted by atomic mass is 16.3. The monoisotopic (exact) mass is 184 g/mol. The lowest BCUT2D eigenvalue weighted by molar-refractivity contribution is -0.103. The molecular weight excluding hydrogens is 160 g/mol. The lowest BCUT2D eigenvalue weighted by Crippen LogP contribution is -2.47. The van der Waals surface area contributed by atoms with Crippen molar-refractivity contribution < 1.29 is 5.11 Å². The highest BCUT2D eigenvalue weighted by Gasteiger charge is 2.42. The van der Waals surface area contributed by atoms with Crippen LogP contribution in [0.1, 0.15) is 53.4 Å². The van der Waals surface area contributed by atoms with Gasteiger partial charge in [-0.05, 0) is 24.2 Å². The number of hydrogen-bond donors (Lipinski definition) is 1. The molecule has 0 radical (unpaired) electrons. The summed E-state index contributed by atoms with van der Waals surface area (Å²) in [5.41, 5.74) is -0.383. The van der Waals surface area contributed by atoms with Crippen LogP contribution in [0.25, 0.3) is 0 Å². The normalized spacial score (nSPS) is 43.2. The molecule has 0 aromatic carbocycles. The third-order valence-electron chi connectivity index (χ3n) is 4.34. The average Bonchev–Trinajstić information content (AvgIpc) is 2.13. The zero-order chi connectivity index (χ0) is 10.1. The van der Waals surface area contributed by atoms with Gasteiger partial charge in [0.15, 0.2) is 0 Å². The smallest absolute Gasteiger partial charge is 0.0701 e. The average molecular weight is 184 g/mol. The van der Waals surface area contributed by atoms with Gasteiger partial charge in [0.25, 0.3) is 0 Å². The first-order chi connectivity index (χ1) is 6.02. The summed E-state index contributed by atoms with van der Waals surface area (Å²) in [7, 11) is 0. The molecule has 0 spiro atoms. The van der Waals surface area contributed by atoms with Gasteiger partial charge in [-0.25, -0.2) is 0 Å². The van der Waals surface area contributed by atoms with Crippen molar-refractivity contribution in [3.8, 4) is 0 Å². The van der Waals surface area contributed by atoms with Gasteiger partial charge in [-0.1, -0.05) is 47.0 Å². The first-order valence-electron chi connectivity index (χ1n) is 5.74. The summed E-state index contributed by atoms with van der Waals surface area (Å²) in [5.74, 6) is 1.61. The molecule has 0 bridgehead atoms. The first-order valence-corrected chi connectivity index (χ1v) is 5.74. The van der Waals surface area contributed by atoms with E-state index in [1.54, 1.807) is 0 Å². The third kappa shape index (κ3) is 1.90. The highest BCUT2D eigenvalue weighted by molar-refractivity contribution is 4.93. The Bertz CT molecular complexity index is 167. The summed E-state index contributed by atoms with van der Waals surface area (Å²) in [6, 6.07) is 0. The summed E-state index contributed by atoms with van der Waals surface area (Å²) >= 11 is 0. The largest absolute Gasteiger partial charge is 0.389 e. The minimum Gasteiger partial charge on any atom is -0.389 e. The Hall–Kier alpha value is -0.0400. The maximum absolute atomic E-state index is 10.6. The molecule has 0 heterocycles. The molecule has 0 aromatic rings. The Morgan fingerprint density at radius 2 is 2.08 bits per heavy atom. The zero-order valence-electron chi connectivity index (χ0n) is 9.51. The Morgan fingerprint density at radius 3 is 2.62 bits per heavy atom. The van der Waals surface area contributed by atoms with E-state index < -0.39 is 0 Å². The van der Waals surface area contributed by atoms with Gasteiger partial charge in [0.2, 0.25) is 0 Å². The molecule has 0 aliphatic heterocycles. The standard InChI is InChI=1S/C12H24O/c1-5-10(3)12(13)8-6-7-9(2)11(12)4/h9-11,13H,5-8H2,1-4H3. The minimum atomic E-state index is -0.383. The van der Waals surface area contributed by atoms with Gasteiger partial charge in [-0.15, -0.1) is 0 Å². The quantitative estimate of drug-likeness (QED) is 0.698. The summed E-state index contributed by atoms with van der Waals surface area (Å²) in [5, 5.41) is 10.6. The molecule has 4 atom stereocenters. The molecule has 1 saturated carbocycles. The van der Waals surface area contributed by atoms with Gasteiger partial charge >= 0.3 is 0 Å². The fourth-order valence-electron chi connectivity index (χ4n) is 2.73. The van der Waals surface area contributed by atoms with Crippen molar-refractivity contribution in [2.75, 3.05) is 0 Å². The number of rotatable bonds is 2. The highest BCUT2D eigenvalue weighted by Crippen LogP contribution is 2.42. The molecule has 1 aliphatic rings. The molecule has 13 heavy (non-hydrogen) atoms. The lowest BCUT2D eigenvalue weighted by Gasteiger charge is -2.45. The van der Waals surface area contributed by atoms with Gasteiger partial charge in [0.1, 0.15) is 0 Å². The van der Waals surface area contributed by atoms with Gasteiger partial charge in [0.05, 0.1) is 5.60 Å². The maximum Gasteiger partial charge on any atom is 0.0701 e. The molecule has 1 fully saturated rings. The molecular formula is C12H24O. The molecule has 1 nitrogen and oxygen atoms in total. The topological polar surface area (TPSA) is 20.2 Å². The van der Waals surface area contributed by atoms with Gasteiger partial charge < -0.3 is 5.11 Å². The van der Waals surface area contributed by atoms with Crippen LogP contribution in [-0.2, 0) is 0 Å². The van der Waals surface area contributed by atoms with E-state index >= 15 is 0 Å². The molecule has 1 aliphatic carbocycles. The van der Waals surface area contributed by atoms with Crippen LogP contribution in [0.4, 0.5) is 0 Å². The minimum absolute atomic E-state index is 0.383. The van der Waals surface area contributed by atoms with Crippen LogP contribution in [0.15, 0.2) is 0 Å². The Kier molecular flexibility index (Phi) is 3.39. The summed E-state index contributed by atoms with van der Waals surface area (Å²) in [6.07, 6.45) is 4.59. The second-order valence-corrected chi connectivity index (χ2v) is 4.96. The number of hydrogen-bond acceptors (Lipinski definition) is 1. The van der Waals surface area contributed by atoms with Crippen molar-refractivity contribution in [2.45, 2.75) is 59.0 Å². The van der Waals surface area contributed by atoms with Crippen LogP contribution in [0.3, 0.4) is 0 Å². The first kappa shape index (κ1) is 11.0. The van der Waals surface area contributed by atoms with Crippen molar-refractivity contribution in [2.24, 2.45) is 17.8 Å². The predicted molar refractivity (Wildman–Crippen MR) is 56.6 cm³/mol. The molecule has 1 heteroatoms.